The molecule has 248 valence electrons. The summed E-state index contributed by atoms with van der Waals surface area (Å²) in [5.41, 5.74) is 1.43. The Labute approximate surface area is 286 Å². The third-order valence-corrected chi connectivity index (χ3v) is 10.0. The zero-order chi connectivity index (χ0) is 32.6. The maximum atomic E-state index is 13.1. The summed E-state index contributed by atoms with van der Waals surface area (Å²) in [5, 5.41) is 12.4. The lowest BCUT2D eigenvalue weighted by molar-refractivity contribution is 0.0984. The molecule has 6 rings (SSSR count). The van der Waals surface area contributed by atoms with Crippen LogP contribution in [-0.4, -0.2) is 49.3 Å². The highest BCUT2D eigenvalue weighted by Gasteiger charge is 2.30. The van der Waals surface area contributed by atoms with Gasteiger partial charge in [0.1, 0.15) is 16.0 Å². The van der Waals surface area contributed by atoms with Gasteiger partial charge in [0, 0.05) is 35.9 Å². The van der Waals surface area contributed by atoms with Crippen LogP contribution in [0.2, 0.25) is 5.15 Å². The van der Waals surface area contributed by atoms with Crippen molar-refractivity contribution in [2.75, 3.05) is 18.5 Å². The van der Waals surface area contributed by atoms with Crippen LogP contribution in [0, 0.1) is 11.8 Å². The summed E-state index contributed by atoms with van der Waals surface area (Å²) in [6.45, 7) is 6.21. The molecule has 1 saturated carbocycles. The fraction of sp³-hybridized carbons (Fsp3) is 0.457. The van der Waals surface area contributed by atoms with E-state index in [1.54, 1.807) is 23.0 Å². The molecule has 1 unspecified atom stereocenters. The molecule has 0 spiro atoms. The van der Waals surface area contributed by atoms with Crippen LogP contribution in [0.1, 0.15) is 87.3 Å². The molecule has 4 aromatic rings. The molecular formula is C35H43ClN8O2S. The number of amides is 1. The molecular weight excluding hydrogens is 632 g/mol. The van der Waals surface area contributed by atoms with Crippen molar-refractivity contribution in [3.63, 3.8) is 0 Å². The number of rotatable bonds is 14. The van der Waals surface area contributed by atoms with Crippen molar-refractivity contribution in [1.29, 1.82) is 0 Å². The SMILES string of the molecule is CC1(C)C[C@@H](CCC(Nc2cccc(SNC(=O)c3ccc(-n4ccc(OCCC5CCCC5)n4)nc3Cl)n2)c2ccccn2)CN1. The van der Waals surface area contributed by atoms with Crippen LogP contribution in [0.25, 0.3) is 5.82 Å². The van der Waals surface area contributed by atoms with Crippen molar-refractivity contribution in [3.05, 3.63) is 83.4 Å². The molecule has 10 nitrogen and oxygen atoms in total. The van der Waals surface area contributed by atoms with Crippen molar-refractivity contribution < 1.29 is 9.53 Å². The first-order valence-corrected chi connectivity index (χ1v) is 17.7. The van der Waals surface area contributed by atoms with E-state index in [-0.39, 0.29) is 28.2 Å². The van der Waals surface area contributed by atoms with E-state index in [1.165, 1.54) is 25.7 Å². The molecule has 0 aromatic carbocycles. The summed E-state index contributed by atoms with van der Waals surface area (Å²) >= 11 is 7.59. The summed E-state index contributed by atoms with van der Waals surface area (Å²) in [6, 6.07) is 16.9. The first-order chi connectivity index (χ1) is 22.8. The molecule has 2 atom stereocenters. The molecule has 1 amide bonds. The van der Waals surface area contributed by atoms with Crippen LogP contribution in [0.4, 0.5) is 5.82 Å². The minimum Gasteiger partial charge on any atom is -0.477 e. The smallest absolute Gasteiger partial charge is 0.264 e. The highest BCUT2D eigenvalue weighted by Crippen LogP contribution is 2.31. The minimum atomic E-state index is -0.366. The van der Waals surface area contributed by atoms with Gasteiger partial charge in [-0.3, -0.25) is 14.5 Å². The number of hydrogen-bond donors (Lipinski definition) is 3. The van der Waals surface area contributed by atoms with Gasteiger partial charge in [-0.1, -0.05) is 49.4 Å². The number of nitrogens with one attached hydrogen (secondary N) is 3. The number of carbonyl (C=O) groups is 1. The molecule has 0 bridgehead atoms. The van der Waals surface area contributed by atoms with E-state index in [4.69, 9.17) is 21.3 Å². The highest BCUT2D eigenvalue weighted by atomic mass is 35.5. The number of carbonyl (C=O) groups excluding carboxylic acids is 1. The highest BCUT2D eigenvalue weighted by molar-refractivity contribution is 7.97. The lowest BCUT2D eigenvalue weighted by Crippen LogP contribution is -2.31. The molecule has 4 aromatic heterocycles. The fourth-order valence-electron chi connectivity index (χ4n) is 6.52. The van der Waals surface area contributed by atoms with E-state index < -0.39 is 0 Å². The van der Waals surface area contributed by atoms with Crippen LogP contribution >= 0.6 is 23.5 Å². The Morgan fingerprint density at radius 2 is 1.96 bits per heavy atom. The number of nitrogens with zero attached hydrogens (tertiary/aromatic N) is 5. The largest absolute Gasteiger partial charge is 0.477 e. The molecule has 47 heavy (non-hydrogen) atoms. The molecule has 0 radical (unpaired) electrons. The number of anilines is 1. The third kappa shape index (κ3) is 9.24. The summed E-state index contributed by atoms with van der Waals surface area (Å²) < 4.78 is 10.3. The molecule has 1 aliphatic heterocycles. The van der Waals surface area contributed by atoms with E-state index in [0.717, 1.165) is 61.6 Å². The second-order valence-corrected chi connectivity index (χ2v) is 14.3. The van der Waals surface area contributed by atoms with E-state index in [0.29, 0.717) is 29.2 Å². The number of pyridine rings is 3. The monoisotopic (exact) mass is 674 g/mol. The summed E-state index contributed by atoms with van der Waals surface area (Å²) in [6.07, 6.45) is 13.1. The number of ether oxygens (including phenoxy) is 1. The molecule has 5 heterocycles. The first kappa shape index (κ1) is 33.2. The van der Waals surface area contributed by atoms with Gasteiger partial charge >= 0.3 is 0 Å². The Hall–Kier alpha value is -3.67. The molecule has 1 aliphatic carbocycles. The minimum absolute atomic E-state index is 0.0139. The Kier molecular flexibility index (Phi) is 11.0. The average molecular weight is 675 g/mol. The van der Waals surface area contributed by atoms with Crippen molar-refractivity contribution in [2.24, 2.45) is 11.8 Å². The normalized spacial score (nSPS) is 18.2. The van der Waals surface area contributed by atoms with Gasteiger partial charge in [-0.15, -0.1) is 5.10 Å². The standard InChI is InChI=1S/C35H43ClN8O2S/c1-35(2)22-25(23-38-35)13-15-28(27-10-5-6-19-37-27)39-29-11-7-12-32(40-29)47-43-34(45)26-14-16-30(41-33(26)36)44-20-17-31(42-44)46-21-18-24-8-3-4-9-24/h5-7,10-12,14,16-17,19-20,24-25,28,38H,3-4,8-9,13,15,18,21-23H2,1-2H3,(H,39,40)(H,43,45)/t25-,28?/m1/s1. The van der Waals surface area contributed by atoms with Gasteiger partial charge < -0.3 is 15.4 Å². The van der Waals surface area contributed by atoms with Crippen LogP contribution in [-0.2, 0) is 0 Å². The fourth-order valence-corrected chi connectivity index (χ4v) is 7.35. The van der Waals surface area contributed by atoms with Gasteiger partial charge in [0.25, 0.3) is 5.91 Å². The summed E-state index contributed by atoms with van der Waals surface area (Å²) in [7, 11) is 0. The maximum Gasteiger partial charge on any atom is 0.264 e. The number of aromatic nitrogens is 5. The van der Waals surface area contributed by atoms with Crippen molar-refractivity contribution in [2.45, 2.75) is 81.8 Å². The summed E-state index contributed by atoms with van der Waals surface area (Å²) in [4.78, 5) is 26.9. The Bertz CT molecular complexity index is 1630. The molecule has 2 fully saturated rings. The second kappa shape index (κ2) is 15.5. The van der Waals surface area contributed by atoms with Gasteiger partial charge in [-0.05, 0) is 94.3 Å². The second-order valence-electron chi connectivity index (χ2n) is 13.2. The van der Waals surface area contributed by atoms with Crippen molar-refractivity contribution in [3.8, 4) is 11.7 Å². The van der Waals surface area contributed by atoms with Crippen LogP contribution in [0.15, 0.2) is 72.0 Å². The van der Waals surface area contributed by atoms with Gasteiger partial charge in [0.15, 0.2) is 5.82 Å². The van der Waals surface area contributed by atoms with E-state index >= 15 is 0 Å². The van der Waals surface area contributed by atoms with Crippen molar-refractivity contribution in [1.82, 2.24) is 34.8 Å². The topological polar surface area (TPSA) is 119 Å². The Morgan fingerprint density at radius 1 is 1.09 bits per heavy atom. The van der Waals surface area contributed by atoms with Gasteiger partial charge in [-0.25, -0.2) is 14.6 Å². The Morgan fingerprint density at radius 3 is 2.72 bits per heavy atom. The molecule has 1 saturated heterocycles. The van der Waals surface area contributed by atoms with Gasteiger partial charge in [0.05, 0.1) is 23.9 Å². The predicted molar refractivity (Wildman–Crippen MR) is 186 cm³/mol. The molecule has 2 aliphatic rings. The van der Waals surface area contributed by atoms with Crippen LogP contribution in [0.5, 0.6) is 5.88 Å². The van der Waals surface area contributed by atoms with E-state index in [2.05, 4.69) is 44.3 Å². The molecule has 12 heteroatoms. The van der Waals surface area contributed by atoms with E-state index in [1.807, 2.05) is 48.7 Å². The number of halogens is 1. The van der Waals surface area contributed by atoms with Crippen molar-refractivity contribution >= 4 is 35.3 Å². The first-order valence-electron chi connectivity index (χ1n) is 16.5. The predicted octanol–water partition coefficient (Wildman–Crippen LogP) is 7.43. The van der Waals surface area contributed by atoms with E-state index in [9.17, 15) is 4.79 Å². The van der Waals surface area contributed by atoms with Gasteiger partial charge in [0.2, 0.25) is 5.88 Å². The average Bonchev–Trinajstić information content (AvgIpc) is 3.84. The zero-order valence-electron chi connectivity index (χ0n) is 27.0. The third-order valence-electron chi connectivity index (χ3n) is 9.00. The zero-order valence-corrected chi connectivity index (χ0v) is 28.6. The van der Waals surface area contributed by atoms with Gasteiger partial charge in [-0.2, -0.15) is 0 Å². The lowest BCUT2D eigenvalue weighted by atomic mass is 9.91. The van der Waals surface area contributed by atoms with Crippen LogP contribution in [0.3, 0.4) is 0 Å². The lowest BCUT2D eigenvalue weighted by Gasteiger charge is -2.21. The quantitative estimate of drug-likeness (QED) is 0.0927. The Balaban J connectivity index is 1.03. The number of hydrogen-bond acceptors (Lipinski definition) is 9. The summed E-state index contributed by atoms with van der Waals surface area (Å²) in [5.74, 6) is 2.79. The molecule has 3 N–H and O–H groups in total. The maximum absolute atomic E-state index is 13.1. The van der Waals surface area contributed by atoms with Crippen LogP contribution < -0.4 is 20.1 Å².